The maximum absolute atomic E-state index is 12.7. The highest BCUT2D eigenvalue weighted by Gasteiger charge is 2.28. The summed E-state index contributed by atoms with van der Waals surface area (Å²) in [5.41, 5.74) is 2.40. The van der Waals surface area contributed by atoms with Crippen LogP contribution < -0.4 is 10.0 Å². The maximum atomic E-state index is 12.7. The van der Waals surface area contributed by atoms with Crippen LogP contribution in [-0.4, -0.2) is 31.0 Å². The number of nitrogens with one attached hydrogen (secondary N) is 2. The summed E-state index contributed by atoms with van der Waals surface area (Å²) in [6.45, 7) is 4.28. The van der Waals surface area contributed by atoms with Crippen molar-refractivity contribution in [1.82, 2.24) is 14.7 Å². The van der Waals surface area contributed by atoms with Crippen LogP contribution in [-0.2, 0) is 10.0 Å². The zero-order chi connectivity index (χ0) is 21.1. The van der Waals surface area contributed by atoms with E-state index in [9.17, 15) is 8.42 Å². The fourth-order valence-corrected chi connectivity index (χ4v) is 6.35. The Hall–Kier alpha value is -2.23. The van der Waals surface area contributed by atoms with Gasteiger partial charge in [0.15, 0.2) is 5.13 Å². The molecular weight excluding hydrogens is 420 g/mol. The molecule has 0 saturated heterocycles. The standard InChI is InChI=1S/C21H26N4O3S2/c1-14-12-28-15(2)20(14)30(26,27)25-17-8-6-16(7-9-17)11-23-21-24-19(13-29-21)18-5-3-4-10-22-18/h3-5,10,12-13,16-17,25H,6-9,11H2,1-2H3,(H,23,24). The molecule has 3 aromatic rings. The predicted octanol–water partition coefficient (Wildman–Crippen LogP) is 4.36. The molecule has 0 amide bonds. The molecule has 0 unspecified atom stereocenters. The lowest BCUT2D eigenvalue weighted by Gasteiger charge is -2.29. The van der Waals surface area contributed by atoms with Crippen LogP contribution >= 0.6 is 11.3 Å². The summed E-state index contributed by atoms with van der Waals surface area (Å²) in [6, 6.07) is 5.77. The van der Waals surface area contributed by atoms with Crippen molar-refractivity contribution in [1.29, 1.82) is 0 Å². The van der Waals surface area contributed by atoms with Crippen LogP contribution in [0.1, 0.15) is 37.0 Å². The molecule has 0 bridgehead atoms. The molecule has 30 heavy (non-hydrogen) atoms. The fourth-order valence-electron chi connectivity index (χ4n) is 3.94. The van der Waals surface area contributed by atoms with Crippen molar-refractivity contribution in [3.05, 3.63) is 47.4 Å². The van der Waals surface area contributed by atoms with Crippen molar-refractivity contribution in [3.63, 3.8) is 0 Å². The highest BCUT2D eigenvalue weighted by Crippen LogP contribution is 2.29. The van der Waals surface area contributed by atoms with Crippen LogP contribution in [0.2, 0.25) is 0 Å². The molecule has 0 spiro atoms. The first-order valence-corrected chi connectivity index (χ1v) is 12.5. The van der Waals surface area contributed by atoms with Crippen molar-refractivity contribution in [3.8, 4) is 11.4 Å². The summed E-state index contributed by atoms with van der Waals surface area (Å²) in [4.78, 5) is 9.23. The van der Waals surface area contributed by atoms with Gasteiger partial charge in [0, 0.05) is 29.7 Å². The second-order valence-electron chi connectivity index (χ2n) is 7.78. The third kappa shape index (κ3) is 4.74. The van der Waals surface area contributed by atoms with E-state index < -0.39 is 10.0 Å². The van der Waals surface area contributed by atoms with Crippen molar-refractivity contribution in [2.75, 3.05) is 11.9 Å². The van der Waals surface area contributed by atoms with E-state index in [2.05, 4.69) is 20.0 Å². The van der Waals surface area contributed by atoms with Gasteiger partial charge in [0.1, 0.15) is 16.3 Å². The average Bonchev–Trinajstić information content (AvgIpc) is 3.34. The van der Waals surface area contributed by atoms with E-state index in [0.29, 0.717) is 17.2 Å². The molecule has 1 aliphatic carbocycles. The molecule has 9 heteroatoms. The number of hydrogen-bond acceptors (Lipinski definition) is 7. The molecule has 0 aromatic carbocycles. The SMILES string of the molecule is Cc1coc(C)c1S(=O)(=O)NC1CCC(CNc2nc(-c3ccccn3)cs2)CC1. The summed E-state index contributed by atoms with van der Waals surface area (Å²) < 4.78 is 33.6. The van der Waals surface area contributed by atoms with Gasteiger partial charge in [-0.25, -0.2) is 18.1 Å². The number of sulfonamides is 1. The van der Waals surface area contributed by atoms with E-state index >= 15 is 0 Å². The van der Waals surface area contributed by atoms with Gasteiger partial charge in [0.05, 0.1) is 12.0 Å². The summed E-state index contributed by atoms with van der Waals surface area (Å²) in [6.07, 6.45) is 6.87. The number of nitrogens with zero attached hydrogens (tertiary/aromatic N) is 2. The molecule has 4 rings (SSSR count). The minimum absolute atomic E-state index is 0.0319. The molecule has 1 fully saturated rings. The van der Waals surface area contributed by atoms with Crippen LogP contribution in [0.4, 0.5) is 5.13 Å². The lowest BCUT2D eigenvalue weighted by Crippen LogP contribution is -2.38. The first-order chi connectivity index (χ1) is 14.4. The lowest BCUT2D eigenvalue weighted by atomic mass is 9.86. The van der Waals surface area contributed by atoms with E-state index in [-0.39, 0.29) is 10.9 Å². The third-order valence-electron chi connectivity index (χ3n) is 5.50. The highest BCUT2D eigenvalue weighted by atomic mass is 32.2. The number of aryl methyl sites for hydroxylation is 2. The Bertz CT molecular complexity index is 1070. The van der Waals surface area contributed by atoms with Crippen LogP contribution in [0.25, 0.3) is 11.4 Å². The third-order valence-corrected chi connectivity index (χ3v) is 8.09. The molecule has 0 aliphatic heterocycles. The summed E-state index contributed by atoms with van der Waals surface area (Å²) in [5.74, 6) is 0.941. The number of thiazole rings is 1. The normalized spacial score (nSPS) is 19.7. The Labute approximate surface area is 181 Å². The number of anilines is 1. The van der Waals surface area contributed by atoms with E-state index in [1.165, 1.54) is 6.26 Å². The van der Waals surface area contributed by atoms with Gasteiger partial charge in [-0.2, -0.15) is 0 Å². The van der Waals surface area contributed by atoms with Crippen molar-refractivity contribution in [2.24, 2.45) is 5.92 Å². The minimum atomic E-state index is -3.55. The second kappa shape index (κ2) is 8.87. The van der Waals surface area contributed by atoms with E-state index in [4.69, 9.17) is 4.42 Å². The van der Waals surface area contributed by atoms with Gasteiger partial charge >= 0.3 is 0 Å². The van der Waals surface area contributed by atoms with Crippen LogP contribution in [0.5, 0.6) is 0 Å². The van der Waals surface area contributed by atoms with Crippen LogP contribution in [0.15, 0.2) is 45.4 Å². The molecular formula is C21H26N4O3S2. The molecule has 2 N–H and O–H groups in total. The summed E-state index contributed by atoms with van der Waals surface area (Å²) >= 11 is 1.58. The highest BCUT2D eigenvalue weighted by molar-refractivity contribution is 7.89. The molecule has 1 aliphatic rings. The van der Waals surface area contributed by atoms with E-state index in [0.717, 1.165) is 48.7 Å². The van der Waals surface area contributed by atoms with Crippen LogP contribution in [0.3, 0.4) is 0 Å². The number of furan rings is 1. The van der Waals surface area contributed by atoms with Gasteiger partial charge in [0.2, 0.25) is 10.0 Å². The number of rotatable bonds is 7. The van der Waals surface area contributed by atoms with Gasteiger partial charge in [-0.05, 0) is 57.6 Å². The molecule has 3 heterocycles. The minimum Gasteiger partial charge on any atom is -0.468 e. The molecule has 160 valence electrons. The second-order valence-corrected chi connectivity index (χ2v) is 10.3. The summed E-state index contributed by atoms with van der Waals surface area (Å²) in [5, 5.41) is 6.34. The fraction of sp³-hybridized carbons (Fsp3) is 0.429. The Morgan fingerprint density at radius 1 is 1.17 bits per heavy atom. The zero-order valence-corrected chi connectivity index (χ0v) is 18.7. The number of pyridine rings is 1. The Morgan fingerprint density at radius 3 is 2.63 bits per heavy atom. The predicted molar refractivity (Wildman–Crippen MR) is 118 cm³/mol. The molecule has 0 atom stereocenters. The average molecular weight is 447 g/mol. The van der Waals surface area contributed by atoms with Gasteiger partial charge < -0.3 is 9.73 Å². The Morgan fingerprint density at radius 2 is 1.97 bits per heavy atom. The van der Waals surface area contributed by atoms with Crippen molar-refractivity contribution in [2.45, 2.75) is 50.5 Å². The summed E-state index contributed by atoms with van der Waals surface area (Å²) in [7, 11) is -3.55. The molecule has 1 saturated carbocycles. The van der Waals surface area contributed by atoms with Gasteiger partial charge in [-0.3, -0.25) is 4.98 Å². The number of aromatic nitrogens is 2. The maximum Gasteiger partial charge on any atom is 0.244 e. The van der Waals surface area contributed by atoms with E-state index in [1.54, 1.807) is 31.4 Å². The van der Waals surface area contributed by atoms with Gasteiger partial charge in [-0.15, -0.1) is 11.3 Å². The van der Waals surface area contributed by atoms with Gasteiger partial charge in [-0.1, -0.05) is 6.07 Å². The topological polar surface area (TPSA) is 97.1 Å². The monoisotopic (exact) mass is 446 g/mol. The smallest absolute Gasteiger partial charge is 0.244 e. The number of hydrogen-bond donors (Lipinski definition) is 2. The quantitative estimate of drug-likeness (QED) is 0.560. The lowest BCUT2D eigenvalue weighted by molar-refractivity contribution is 0.324. The Kier molecular flexibility index (Phi) is 6.21. The first kappa shape index (κ1) is 21.0. The molecule has 7 nitrogen and oxygen atoms in total. The van der Waals surface area contributed by atoms with Crippen molar-refractivity contribution < 1.29 is 12.8 Å². The molecule has 3 aromatic heterocycles. The molecule has 0 radical (unpaired) electrons. The largest absolute Gasteiger partial charge is 0.468 e. The first-order valence-electron chi connectivity index (χ1n) is 10.1. The van der Waals surface area contributed by atoms with Crippen molar-refractivity contribution >= 4 is 26.5 Å². The zero-order valence-electron chi connectivity index (χ0n) is 17.1. The Balaban J connectivity index is 1.27. The van der Waals surface area contributed by atoms with Gasteiger partial charge in [0.25, 0.3) is 0 Å². The van der Waals surface area contributed by atoms with E-state index in [1.807, 2.05) is 23.6 Å². The van der Waals surface area contributed by atoms with Crippen LogP contribution in [0, 0.1) is 19.8 Å².